The van der Waals surface area contributed by atoms with E-state index < -0.39 is 5.97 Å². The molecule has 0 aliphatic carbocycles. The van der Waals surface area contributed by atoms with Gasteiger partial charge in [0.2, 0.25) is 0 Å². The molecule has 0 aromatic rings. The Hall–Kier alpha value is -1.44. The summed E-state index contributed by atoms with van der Waals surface area (Å²) in [7, 11) is 0. The normalized spacial score (nSPS) is 11.3. The predicted octanol–water partition coefficient (Wildman–Crippen LogP) is 1.42. The van der Waals surface area contributed by atoms with Gasteiger partial charge in [-0.3, -0.25) is 0 Å². The summed E-state index contributed by atoms with van der Waals surface area (Å²) in [5.74, 6) is -0.600. The van der Waals surface area contributed by atoms with Crippen LogP contribution in [0.25, 0.3) is 0 Å². The molecule has 0 amide bonds. The van der Waals surface area contributed by atoms with Crippen molar-refractivity contribution in [2.75, 3.05) is 0 Å². The zero-order valence-corrected chi connectivity index (χ0v) is 6.20. The van der Waals surface area contributed by atoms with Gasteiger partial charge in [0.1, 0.15) is 0 Å². The van der Waals surface area contributed by atoms with Crippen LogP contribution in [0.3, 0.4) is 0 Å². The molecular formula is C6H9N3O2. The van der Waals surface area contributed by atoms with Gasteiger partial charge in [-0.05, 0) is 5.92 Å². The van der Waals surface area contributed by atoms with E-state index in [1.165, 1.54) is 0 Å². The van der Waals surface area contributed by atoms with Gasteiger partial charge in [0.05, 0.1) is 12.5 Å². The fourth-order valence-corrected chi connectivity index (χ4v) is 0.601. The van der Waals surface area contributed by atoms with Gasteiger partial charge in [0.15, 0.2) is 0 Å². The van der Waals surface area contributed by atoms with Gasteiger partial charge in [-0.15, -0.1) is 0 Å². The molecule has 0 radical (unpaired) electrons. The summed E-state index contributed by atoms with van der Waals surface area (Å²) >= 11 is 0. The van der Waals surface area contributed by atoms with Crippen LogP contribution in [0.15, 0.2) is 5.28 Å². The number of nitrogens with one attached hydrogen (secondary N) is 1. The zero-order chi connectivity index (χ0) is 8.69. The summed E-state index contributed by atoms with van der Waals surface area (Å²) in [4.78, 5) is 14.6. The highest BCUT2D eigenvalue weighted by Crippen LogP contribution is 2.06. The molecule has 0 saturated heterocycles. The predicted molar refractivity (Wildman–Crippen MR) is 35.3 cm³/mol. The fourth-order valence-electron chi connectivity index (χ4n) is 0.601. The van der Waals surface area contributed by atoms with E-state index in [1.807, 2.05) is 6.07 Å². The van der Waals surface area contributed by atoms with E-state index in [0.29, 0.717) is 6.42 Å². The van der Waals surface area contributed by atoms with E-state index in [1.54, 1.807) is 6.92 Å². The van der Waals surface area contributed by atoms with Crippen molar-refractivity contribution in [3.8, 4) is 6.07 Å². The third kappa shape index (κ3) is 5.03. The Morgan fingerprint density at radius 1 is 1.91 bits per heavy atom. The molecule has 0 spiro atoms. The number of rotatable bonds is 4. The Kier molecular flexibility index (Phi) is 4.65. The first-order chi connectivity index (χ1) is 5.20. The molecule has 0 aromatic carbocycles. The second-order valence-electron chi connectivity index (χ2n) is 2.23. The van der Waals surface area contributed by atoms with Crippen molar-refractivity contribution in [2.24, 2.45) is 11.2 Å². The summed E-state index contributed by atoms with van der Waals surface area (Å²) in [6.07, 6.45) is 0.447. The molecule has 0 aromatic heterocycles. The standard InChI is InChI=1S/C6H9N3O2/c1-5(2-3-7)4-6(10)11-9-8/h5,8H,2,4H2,1H3/t5-/m1/s1. The average molecular weight is 155 g/mol. The van der Waals surface area contributed by atoms with E-state index >= 15 is 0 Å². The number of nitrogens with zero attached hydrogens (tertiary/aromatic N) is 2. The summed E-state index contributed by atoms with van der Waals surface area (Å²) in [5.41, 5.74) is 6.20. The second-order valence-corrected chi connectivity index (χ2v) is 2.23. The van der Waals surface area contributed by atoms with Crippen molar-refractivity contribution in [1.29, 1.82) is 10.8 Å². The van der Waals surface area contributed by atoms with E-state index in [-0.39, 0.29) is 12.3 Å². The highest BCUT2D eigenvalue weighted by Gasteiger charge is 2.09. The van der Waals surface area contributed by atoms with Crippen LogP contribution in [0, 0.1) is 22.8 Å². The summed E-state index contributed by atoms with van der Waals surface area (Å²) < 4.78 is 0. The number of carbonyl (C=O) groups excluding carboxylic acids is 1. The molecule has 0 bridgehead atoms. The van der Waals surface area contributed by atoms with Crippen LogP contribution >= 0.6 is 0 Å². The molecule has 60 valence electrons. The van der Waals surface area contributed by atoms with Gasteiger partial charge in [-0.2, -0.15) is 10.8 Å². The van der Waals surface area contributed by atoms with Gasteiger partial charge >= 0.3 is 5.97 Å². The number of nitriles is 1. The van der Waals surface area contributed by atoms with Crippen LogP contribution in [0.5, 0.6) is 0 Å². The first-order valence-corrected chi connectivity index (χ1v) is 3.14. The molecule has 5 nitrogen and oxygen atoms in total. The van der Waals surface area contributed by atoms with Crippen molar-refractivity contribution in [1.82, 2.24) is 0 Å². The van der Waals surface area contributed by atoms with Crippen molar-refractivity contribution in [2.45, 2.75) is 19.8 Å². The molecule has 0 saturated carbocycles. The largest absolute Gasteiger partial charge is 0.337 e. The molecule has 0 aliphatic rings. The lowest BCUT2D eigenvalue weighted by molar-refractivity contribution is -0.146. The highest BCUT2D eigenvalue weighted by molar-refractivity contribution is 5.69. The van der Waals surface area contributed by atoms with Crippen molar-refractivity contribution >= 4 is 5.97 Å². The maximum atomic E-state index is 10.6. The summed E-state index contributed by atoms with van der Waals surface area (Å²) in [6, 6.07) is 1.93. The Balaban J connectivity index is 3.58. The van der Waals surface area contributed by atoms with Gasteiger partial charge in [-0.25, -0.2) is 4.79 Å². The average Bonchev–Trinajstić information content (AvgIpc) is 1.87. The van der Waals surface area contributed by atoms with Crippen LogP contribution in [0.1, 0.15) is 19.8 Å². The third-order valence-corrected chi connectivity index (χ3v) is 1.10. The van der Waals surface area contributed by atoms with Gasteiger partial charge < -0.3 is 4.84 Å². The van der Waals surface area contributed by atoms with E-state index in [2.05, 4.69) is 10.1 Å². The molecule has 0 fully saturated rings. The van der Waals surface area contributed by atoms with Crippen LogP contribution in [-0.4, -0.2) is 5.97 Å². The van der Waals surface area contributed by atoms with Gasteiger partial charge in [0.25, 0.3) is 0 Å². The number of hydrogen-bond acceptors (Lipinski definition) is 5. The SMILES string of the molecule is C[C@H](CC#N)CC(=O)ON=N. The first-order valence-electron chi connectivity index (χ1n) is 3.14. The minimum absolute atomic E-state index is 0.0331. The molecule has 11 heavy (non-hydrogen) atoms. The monoisotopic (exact) mass is 155 g/mol. The van der Waals surface area contributed by atoms with Crippen molar-refractivity contribution in [3.63, 3.8) is 0 Å². The molecule has 0 aliphatic heterocycles. The number of carbonyl (C=O) groups is 1. The topological polar surface area (TPSA) is 86.3 Å². The first kappa shape index (κ1) is 9.56. The molecule has 1 atom stereocenters. The van der Waals surface area contributed by atoms with Crippen molar-refractivity contribution < 1.29 is 9.63 Å². The lowest BCUT2D eigenvalue weighted by Gasteiger charge is -2.01. The lowest BCUT2D eigenvalue weighted by atomic mass is 10.1. The number of hydrogen-bond donors (Lipinski definition) is 1. The van der Waals surface area contributed by atoms with E-state index in [0.717, 1.165) is 0 Å². The molecular weight excluding hydrogens is 146 g/mol. The third-order valence-electron chi connectivity index (χ3n) is 1.10. The fraction of sp³-hybridized carbons (Fsp3) is 0.667. The Bertz CT molecular complexity index is 185. The maximum Gasteiger partial charge on any atom is 0.337 e. The van der Waals surface area contributed by atoms with E-state index in [4.69, 9.17) is 10.8 Å². The van der Waals surface area contributed by atoms with Gasteiger partial charge in [0, 0.05) is 11.7 Å². The van der Waals surface area contributed by atoms with Crippen LogP contribution in [-0.2, 0) is 9.63 Å². The van der Waals surface area contributed by atoms with Crippen LogP contribution in [0.4, 0.5) is 0 Å². The smallest absolute Gasteiger partial charge is 0.300 e. The molecule has 5 heteroatoms. The Morgan fingerprint density at radius 2 is 2.55 bits per heavy atom. The molecule has 1 N–H and O–H groups in total. The Morgan fingerprint density at radius 3 is 3.00 bits per heavy atom. The van der Waals surface area contributed by atoms with Crippen LogP contribution < -0.4 is 0 Å². The minimum Gasteiger partial charge on any atom is -0.300 e. The Labute approximate surface area is 64.4 Å². The summed E-state index contributed by atoms with van der Waals surface area (Å²) in [6.45, 7) is 1.76. The maximum absolute atomic E-state index is 10.6. The summed E-state index contributed by atoms with van der Waals surface area (Å²) in [5, 5.41) is 10.7. The lowest BCUT2D eigenvalue weighted by Crippen LogP contribution is -2.05. The molecule has 0 heterocycles. The minimum atomic E-state index is -0.567. The van der Waals surface area contributed by atoms with E-state index in [9.17, 15) is 4.79 Å². The molecule has 0 unspecified atom stereocenters. The molecule has 0 rings (SSSR count). The van der Waals surface area contributed by atoms with Crippen LogP contribution in [0.2, 0.25) is 0 Å². The van der Waals surface area contributed by atoms with Gasteiger partial charge in [-0.1, -0.05) is 6.92 Å². The quantitative estimate of drug-likeness (QED) is 0.492. The van der Waals surface area contributed by atoms with Crippen molar-refractivity contribution in [3.05, 3.63) is 0 Å². The highest BCUT2D eigenvalue weighted by atomic mass is 16.7. The zero-order valence-electron chi connectivity index (χ0n) is 6.20. The second kappa shape index (κ2) is 5.35.